The summed E-state index contributed by atoms with van der Waals surface area (Å²) >= 11 is 3.50. The van der Waals surface area contributed by atoms with Crippen LogP contribution in [0.25, 0.3) is 0 Å². The maximum atomic E-state index is 4.72. The molecule has 0 unspecified atom stereocenters. The fraction of sp³-hybridized carbons (Fsp3) is 0.357. The first-order valence-corrected chi connectivity index (χ1v) is 7.29. The molecule has 1 aliphatic rings. The summed E-state index contributed by atoms with van der Waals surface area (Å²) in [5.41, 5.74) is 3.47. The van der Waals surface area contributed by atoms with E-state index in [4.69, 9.17) is 4.98 Å². The number of pyridine rings is 1. The Balaban J connectivity index is 1.86. The van der Waals surface area contributed by atoms with Gasteiger partial charge in [0.25, 0.3) is 0 Å². The highest BCUT2D eigenvalue weighted by Gasteiger charge is 2.27. The van der Waals surface area contributed by atoms with E-state index in [2.05, 4.69) is 25.9 Å². The van der Waals surface area contributed by atoms with Gasteiger partial charge < -0.3 is 0 Å². The van der Waals surface area contributed by atoms with Crippen LogP contribution in [-0.2, 0) is 11.8 Å². The van der Waals surface area contributed by atoms with Crippen LogP contribution in [0.4, 0.5) is 0 Å². The lowest BCUT2D eigenvalue weighted by atomic mass is 10.1. The summed E-state index contributed by atoms with van der Waals surface area (Å²) < 4.78 is 0. The zero-order chi connectivity index (χ0) is 12.4. The second-order valence-corrected chi connectivity index (χ2v) is 5.16. The lowest BCUT2D eigenvalue weighted by Gasteiger charge is -2.07. The molecule has 0 saturated heterocycles. The SMILES string of the molecule is BrCc1cnc(Cc2ccccn2)nc1C1CC1. The first kappa shape index (κ1) is 11.8. The van der Waals surface area contributed by atoms with E-state index in [1.54, 1.807) is 0 Å². The minimum absolute atomic E-state index is 0.656. The lowest BCUT2D eigenvalue weighted by Crippen LogP contribution is -2.04. The van der Waals surface area contributed by atoms with Crippen LogP contribution < -0.4 is 0 Å². The van der Waals surface area contributed by atoms with Crippen LogP contribution in [0.1, 0.15) is 41.5 Å². The van der Waals surface area contributed by atoms with Gasteiger partial charge >= 0.3 is 0 Å². The van der Waals surface area contributed by atoms with Crippen molar-refractivity contribution in [3.8, 4) is 0 Å². The van der Waals surface area contributed by atoms with E-state index >= 15 is 0 Å². The summed E-state index contributed by atoms with van der Waals surface area (Å²) in [4.78, 5) is 13.5. The molecule has 92 valence electrons. The Kier molecular flexibility index (Phi) is 3.37. The molecule has 2 heterocycles. The molecule has 0 amide bonds. The summed E-state index contributed by atoms with van der Waals surface area (Å²) in [6, 6.07) is 5.93. The van der Waals surface area contributed by atoms with E-state index in [1.807, 2.05) is 30.6 Å². The molecule has 1 fully saturated rings. The van der Waals surface area contributed by atoms with Crippen LogP contribution in [-0.4, -0.2) is 15.0 Å². The molecule has 0 spiro atoms. The number of nitrogens with zero attached hydrogens (tertiary/aromatic N) is 3. The maximum absolute atomic E-state index is 4.72. The molecule has 3 nitrogen and oxygen atoms in total. The van der Waals surface area contributed by atoms with Crippen molar-refractivity contribution >= 4 is 15.9 Å². The number of rotatable bonds is 4. The van der Waals surface area contributed by atoms with Gasteiger partial charge in [-0.3, -0.25) is 4.98 Å². The molecule has 0 aliphatic heterocycles. The summed E-state index contributed by atoms with van der Waals surface area (Å²) in [5, 5.41) is 0.836. The van der Waals surface area contributed by atoms with E-state index in [1.165, 1.54) is 24.1 Å². The lowest BCUT2D eigenvalue weighted by molar-refractivity contribution is 0.867. The Hall–Kier alpha value is -1.29. The second-order valence-electron chi connectivity index (χ2n) is 4.60. The highest BCUT2D eigenvalue weighted by molar-refractivity contribution is 9.08. The number of halogens is 1. The Morgan fingerprint density at radius 1 is 1.22 bits per heavy atom. The molecule has 2 aromatic heterocycles. The number of hydrogen-bond acceptors (Lipinski definition) is 3. The standard InChI is InChI=1S/C14H14BrN3/c15-8-11-9-17-13(18-14(11)10-4-5-10)7-12-3-1-2-6-16-12/h1-3,6,9-10H,4-5,7-8H2. The molecular formula is C14H14BrN3. The molecule has 1 aliphatic carbocycles. The van der Waals surface area contributed by atoms with Crippen molar-refractivity contribution in [1.82, 2.24) is 15.0 Å². The van der Waals surface area contributed by atoms with Gasteiger partial charge in [0, 0.05) is 34.9 Å². The molecule has 0 aromatic carbocycles. The molecule has 4 heteroatoms. The van der Waals surface area contributed by atoms with Gasteiger partial charge in [0.1, 0.15) is 5.82 Å². The van der Waals surface area contributed by atoms with Crippen LogP contribution in [0.3, 0.4) is 0 Å². The average molecular weight is 304 g/mol. The van der Waals surface area contributed by atoms with Crippen LogP contribution in [0.15, 0.2) is 30.6 Å². The molecule has 0 bridgehead atoms. The quantitative estimate of drug-likeness (QED) is 0.814. The highest BCUT2D eigenvalue weighted by atomic mass is 79.9. The third-order valence-electron chi connectivity index (χ3n) is 3.12. The molecule has 0 N–H and O–H groups in total. The maximum Gasteiger partial charge on any atom is 0.134 e. The fourth-order valence-electron chi connectivity index (χ4n) is 2.02. The molecule has 3 rings (SSSR count). The van der Waals surface area contributed by atoms with Crippen molar-refractivity contribution in [2.24, 2.45) is 0 Å². The monoisotopic (exact) mass is 303 g/mol. The van der Waals surface area contributed by atoms with Crippen molar-refractivity contribution in [1.29, 1.82) is 0 Å². The van der Waals surface area contributed by atoms with Gasteiger partial charge in [0.15, 0.2) is 0 Å². The molecule has 2 aromatic rings. The van der Waals surface area contributed by atoms with Crippen molar-refractivity contribution in [3.63, 3.8) is 0 Å². The fourth-order valence-corrected chi connectivity index (χ4v) is 2.45. The van der Waals surface area contributed by atoms with E-state index in [0.29, 0.717) is 12.3 Å². The van der Waals surface area contributed by atoms with E-state index in [-0.39, 0.29) is 0 Å². The number of hydrogen-bond donors (Lipinski definition) is 0. The Morgan fingerprint density at radius 2 is 2.11 bits per heavy atom. The Morgan fingerprint density at radius 3 is 2.78 bits per heavy atom. The van der Waals surface area contributed by atoms with Crippen molar-refractivity contribution in [3.05, 3.63) is 53.4 Å². The zero-order valence-corrected chi connectivity index (χ0v) is 11.6. The van der Waals surface area contributed by atoms with E-state index < -0.39 is 0 Å². The second kappa shape index (κ2) is 5.14. The minimum Gasteiger partial charge on any atom is -0.261 e. The third-order valence-corrected chi connectivity index (χ3v) is 3.73. The van der Waals surface area contributed by atoms with E-state index in [9.17, 15) is 0 Å². The molecule has 0 atom stereocenters. The van der Waals surface area contributed by atoms with Crippen LogP contribution in [0.2, 0.25) is 0 Å². The van der Waals surface area contributed by atoms with Gasteiger partial charge in [-0.15, -0.1) is 0 Å². The molecule has 1 saturated carbocycles. The van der Waals surface area contributed by atoms with Crippen LogP contribution in [0, 0.1) is 0 Å². The Labute approximate surface area is 115 Å². The van der Waals surface area contributed by atoms with Gasteiger partial charge in [-0.1, -0.05) is 22.0 Å². The highest BCUT2D eigenvalue weighted by Crippen LogP contribution is 2.40. The van der Waals surface area contributed by atoms with Crippen molar-refractivity contribution < 1.29 is 0 Å². The predicted octanol–water partition coefficient (Wildman–Crippen LogP) is 3.23. The van der Waals surface area contributed by atoms with Crippen LogP contribution in [0.5, 0.6) is 0 Å². The third kappa shape index (κ3) is 2.58. The molecule has 0 radical (unpaired) electrons. The van der Waals surface area contributed by atoms with Gasteiger partial charge in [-0.25, -0.2) is 9.97 Å². The number of alkyl halides is 1. The topological polar surface area (TPSA) is 38.7 Å². The largest absolute Gasteiger partial charge is 0.261 e. The van der Waals surface area contributed by atoms with Gasteiger partial charge in [-0.05, 0) is 25.0 Å². The molecular weight excluding hydrogens is 290 g/mol. The first-order valence-electron chi connectivity index (χ1n) is 6.17. The summed E-state index contributed by atoms with van der Waals surface area (Å²) in [6.45, 7) is 0. The number of aromatic nitrogens is 3. The van der Waals surface area contributed by atoms with Crippen molar-refractivity contribution in [2.45, 2.75) is 30.5 Å². The minimum atomic E-state index is 0.656. The van der Waals surface area contributed by atoms with Crippen molar-refractivity contribution in [2.75, 3.05) is 0 Å². The summed E-state index contributed by atoms with van der Waals surface area (Å²) in [5.74, 6) is 1.53. The predicted molar refractivity (Wildman–Crippen MR) is 73.7 cm³/mol. The van der Waals surface area contributed by atoms with Gasteiger partial charge in [0.05, 0.1) is 12.1 Å². The van der Waals surface area contributed by atoms with Gasteiger partial charge in [-0.2, -0.15) is 0 Å². The normalized spacial score (nSPS) is 14.7. The zero-order valence-electron chi connectivity index (χ0n) is 10.0. The summed E-state index contributed by atoms with van der Waals surface area (Å²) in [6.07, 6.45) is 7.00. The first-order chi connectivity index (χ1) is 8.86. The Bertz CT molecular complexity index is 538. The summed E-state index contributed by atoms with van der Waals surface area (Å²) in [7, 11) is 0. The smallest absolute Gasteiger partial charge is 0.134 e. The van der Waals surface area contributed by atoms with Gasteiger partial charge in [0.2, 0.25) is 0 Å². The van der Waals surface area contributed by atoms with Crippen LogP contribution >= 0.6 is 15.9 Å². The average Bonchev–Trinajstić information content (AvgIpc) is 3.24. The van der Waals surface area contributed by atoms with E-state index in [0.717, 1.165) is 16.8 Å². The molecule has 18 heavy (non-hydrogen) atoms.